The molecule has 0 spiro atoms. The van der Waals surface area contributed by atoms with Crippen molar-refractivity contribution in [3.63, 3.8) is 0 Å². The lowest BCUT2D eigenvalue weighted by Gasteiger charge is -2.36. The first kappa shape index (κ1) is 48.6. The Morgan fingerprint density at radius 2 is 0.864 bits per heavy atom. The van der Waals surface area contributed by atoms with Crippen molar-refractivity contribution in [3.05, 3.63) is 108 Å². The number of para-hydroxylation sites is 2. The molecule has 4 aliphatic rings. The number of allylic oxidation sites excluding steroid dienone is 4. The van der Waals surface area contributed by atoms with Crippen LogP contribution in [0.2, 0.25) is 0 Å². The first-order chi connectivity index (χ1) is 31.6. The Kier molecular flexibility index (Phi) is 16.1. The Morgan fingerprint density at radius 3 is 1.23 bits per heavy atom. The predicted octanol–water partition coefficient (Wildman–Crippen LogP) is 8.81. The fraction of sp³-hybridized carbons (Fsp3) is 0.440. The van der Waals surface area contributed by atoms with Crippen molar-refractivity contribution in [2.24, 2.45) is 23.7 Å². The molecule has 0 amide bonds. The molecule has 0 radical (unpaired) electrons. The summed E-state index contributed by atoms with van der Waals surface area (Å²) in [6.45, 7) is 6.04. The number of carbonyl (C=O) groups excluding carboxylic acids is 8. The van der Waals surface area contributed by atoms with E-state index in [1.807, 2.05) is 0 Å². The van der Waals surface area contributed by atoms with Gasteiger partial charge in [0.05, 0.1) is 23.0 Å². The van der Waals surface area contributed by atoms with Crippen molar-refractivity contribution in [1.29, 1.82) is 0 Å². The van der Waals surface area contributed by atoms with Crippen LogP contribution in [0.15, 0.2) is 97.1 Å². The maximum atomic E-state index is 14.8. The molecular formula is C50H54O16. The number of hydrogen-bond donors (Lipinski definition) is 0. The first-order valence-electron chi connectivity index (χ1n) is 22.3. The molecule has 0 N–H and O–H groups in total. The molecule has 2 fully saturated rings. The molecule has 350 valence electrons. The summed E-state index contributed by atoms with van der Waals surface area (Å²) in [5, 5.41) is 0. The summed E-state index contributed by atoms with van der Waals surface area (Å²) in [6, 6.07) is 11.3. The normalized spacial score (nSPS) is 22.8. The molecule has 2 saturated carbocycles. The van der Waals surface area contributed by atoms with Crippen LogP contribution in [0, 0.1) is 23.7 Å². The largest absolute Gasteiger partial charge is 0.514 e. The lowest BCUT2D eigenvalue weighted by Crippen LogP contribution is -2.53. The summed E-state index contributed by atoms with van der Waals surface area (Å²) in [5.41, 5.74) is -5.47. The summed E-state index contributed by atoms with van der Waals surface area (Å²) in [6.07, 6.45) is 15.5. The minimum absolute atomic E-state index is 0.244. The zero-order valence-electron chi connectivity index (χ0n) is 37.3. The molecule has 66 heavy (non-hydrogen) atoms. The molecule has 4 unspecified atom stereocenters. The van der Waals surface area contributed by atoms with E-state index >= 15 is 0 Å². The Bertz CT molecular complexity index is 2130. The molecule has 4 aliphatic carbocycles. The number of esters is 2. The molecule has 6 rings (SSSR count). The van der Waals surface area contributed by atoms with E-state index < -0.39 is 82.6 Å². The van der Waals surface area contributed by atoms with Gasteiger partial charge in [0.1, 0.15) is 35.5 Å². The number of carbonyl (C=O) groups is 8. The Balaban J connectivity index is 1.27. The number of rotatable bonds is 14. The third-order valence-electron chi connectivity index (χ3n) is 11.6. The molecule has 0 heterocycles. The van der Waals surface area contributed by atoms with Gasteiger partial charge in [-0.15, -0.1) is 0 Å². The smallest absolute Gasteiger partial charge is 0.445 e. The number of ketones is 2. The van der Waals surface area contributed by atoms with Crippen LogP contribution in [0.25, 0.3) is 0 Å². The Morgan fingerprint density at radius 1 is 0.500 bits per heavy atom. The molecule has 4 atom stereocenters. The highest BCUT2D eigenvalue weighted by Crippen LogP contribution is 2.40. The maximum Gasteiger partial charge on any atom is 0.514 e. The Labute approximate surface area is 382 Å². The molecule has 2 aromatic carbocycles. The van der Waals surface area contributed by atoms with Crippen LogP contribution in [0.1, 0.15) is 113 Å². The molecule has 16 heteroatoms. The minimum Gasteiger partial charge on any atom is -0.445 e. The molecule has 2 aromatic rings. The van der Waals surface area contributed by atoms with E-state index in [9.17, 15) is 38.4 Å². The van der Waals surface area contributed by atoms with Crippen molar-refractivity contribution in [3.8, 4) is 11.5 Å². The van der Waals surface area contributed by atoms with Gasteiger partial charge < -0.3 is 28.4 Å². The van der Waals surface area contributed by atoms with Gasteiger partial charge in [0.15, 0.2) is 0 Å². The predicted molar refractivity (Wildman–Crippen MR) is 233 cm³/mol. The van der Waals surface area contributed by atoms with Crippen molar-refractivity contribution in [1.82, 2.24) is 0 Å². The van der Waals surface area contributed by atoms with Crippen molar-refractivity contribution in [2.75, 3.05) is 0 Å². The first-order valence-corrected chi connectivity index (χ1v) is 22.3. The van der Waals surface area contributed by atoms with E-state index in [4.69, 9.17) is 38.2 Å². The van der Waals surface area contributed by atoms with Gasteiger partial charge in [-0.3, -0.25) is 19.2 Å². The van der Waals surface area contributed by atoms with Crippen LogP contribution in [0.3, 0.4) is 0 Å². The van der Waals surface area contributed by atoms with Gasteiger partial charge in [-0.25, -0.2) is 29.0 Å². The highest BCUT2D eigenvalue weighted by Gasteiger charge is 2.56. The number of Topliss-reactive ketones (excluding diaryl/α,β-unsaturated/α-hetero) is 2. The van der Waals surface area contributed by atoms with E-state index in [2.05, 4.69) is 0 Å². The molecule has 0 saturated heterocycles. The van der Waals surface area contributed by atoms with E-state index in [-0.39, 0.29) is 34.8 Å². The quantitative estimate of drug-likeness (QED) is 0.0433. The van der Waals surface area contributed by atoms with Crippen LogP contribution < -0.4 is 9.47 Å². The number of hydrogen-bond acceptors (Lipinski definition) is 16. The molecule has 0 bridgehead atoms. The Hall–Kier alpha value is -6.84. The second-order valence-electron chi connectivity index (χ2n) is 17.1. The third kappa shape index (κ3) is 11.3. The van der Waals surface area contributed by atoms with Gasteiger partial charge in [-0.2, -0.15) is 0 Å². The van der Waals surface area contributed by atoms with Crippen LogP contribution >= 0.6 is 0 Å². The lowest BCUT2D eigenvalue weighted by atomic mass is 9.77. The van der Waals surface area contributed by atoms with E-state index in [1.54, 1.807) is 0 Å². The van der Waals surface area contributed by atoms with Gasteiger partial charge in [0.2, 0.25) is 22.8 Å². The van der Waals surface area contributed by atoms with Gasteiger partial charge in [0.25, 0.3) is 0 Å². The maximum absolute atomic E-state index is 14.8. The van der Waals surface area contributed by atoms with Gasteiger partial charge >= 0.3 is 36.2 Å². The molecule has 0 aromatic heterocycles. The summed E-state index contributed by atoms with van der Waals surface area (Å²) in [4.78, 5) is 121. The van der Waals surface area contributed by atoms with E-state index in [0.29, 0.717) is 25.7 Å². The monoisotopic (exact) mass is 910 g/mol. The van der Waals surface area contributed by atoms with Crippen molar-refractivity contribution >= 4 is 47.8 Å². The molecule has 16 nitrogen and oxygen atoms in total. The fourth-order valence-corrected chi connectivity index (χ4v) is 8.00. The SMILES string of the molecule is CC(C)C(=O)OC1(C(=O)c2ccccc2OC(=O)OC2CCCCC2)C=CC=CC1C(=O)OOC(=O)C1C=CC=CC1(OC(=O)C(C)C)C(=O)c1ccccc1OC(=O)OC1CCCCC1. The standard InChI is InChI=1S/C50H54O16/c1-31(2)43(53)63-49(41(51)35-23-11-13-27-39(35)61-47(57)59-33-19-7-5-8-20-33)29-17-15-25-37(49)45(55)65-66-46(56)38-26-16-18-30-50(38,64-44(54)32(3)4)42(52)36-24-12-14-28-40(36)62-48(58)60-34-21-9-6-10-22-34/h11-18,23-34,37-38H,5-10,19-22H2,1-4H3. The van der Waals surface area contributed by atoms with Crippen LogP contribution in [0.4, 0.5) is 9.59 Å². The van der Waals surface area contributed by atoms with Crippen LogP contribution in [0.5, 0.6) is 11.5 Å². The zero-order valence-corrected chi connectivity index (χ0v) is 37.3. The van der Waals surface area contributed by atoms with Crippen LogP contribution in [-0.4, -0.2) is 71.2 Å². The second-order valence-corrected chi connectivity index (χ2v) is 17.1. The van der Waals surface area contributed by atoms with Gasteiger partial charge in [-0.1, -0.05) is 101 Å². The fourth-order valence-electron chi connectivity index (χ4n) is 8.00. The second kappa shape index (κ2) is 21.9. The van der Waals surface area contributed by atoms with Gasteiger partial charge in [0, 0.05) is 0 Å². The number of ether oxygens (including phenoxy) is 6. The third-order valence-corrected chi connectivity index (χ3v) is 11.6. The zero-order chi connectivity index (χ0) is 47.4. The topological polar surface area (TPSA) is 210 Å². The summed E-state index contributed by atoms with van der Waals surface area (Å²) in [7, 11) is 0. The van der Waals surface area contributed by atoms with Crippen molar-refractivity contribution < 1.29 is 76.6 Å². The van der Waals surface area contributed by atoms with E-state index in [0.717, 1.165) is 50.7 Å². The number of benzene rings is 2. The summed E-state index contributed by atoms with van der Waals surface area (Å²) >= 11 is 0. The average Bonchev–Trinajstić information content (AvgIpc) is 3.31. The highest BCUT2D eigenvalue weighted by molar-refractivity contribution is 6.11. The van der Waals surface area contributed by atoms with E-state index in [1.165, 1.54) is 113 Å². The van der Waals surface area contributed by atoms with Gasteiger partial charge in [-0.05, 0) is 87.8 Å². The molecular weight excluding hydrogens is 857 g/mol. The van der Waals surface area contributed by atoms with Crippen LogP contribution in [-0.2, 0) is 47.9 Å². The average molecular weight is 911 g/mol. The summed E-state index contributed by atoms with van der Waals surface area (Å²) < 4.78 is 33.7. The van der Waals surface area contributed by atoms with Crippen molar-refractivity contribution in [2.45, 2.75) is 115 Å². The summed E-state index contributed by atoms with van der Waals surface area (Å²) in [5.74, 6) is -12.3. The minimum atomic E-state index is -2.48. The molecule has 0 aliphatic heterocycles. The lowest BCUT2D eigenvalue weighted by molar-refractivity contribution is -0.267. The highest BCUT2D eigenvalue weighted by atomic mass is 17.2.